The number of urea groups is 1. The molecule has 0 atom stereocenters. The first kappa shape index (κ1) is 20.1. The zero-order valence-electron chi connectivity index (χ0n) is 15.7. The lowest BCUT2D eigenvalue weighted by Gasteiger charge is -2.11. The van der Waals surface area contributed by atoms with Gasteiger partial charge in [-0.2, -0.15) is 0 Å². The molecule has 0 bridgehead atoms. The predicted octanol–water partition coefficient (Wildman–Crippen LogP) is 2.86. The summed E-state index contributed by atoms with van der Waals surface area (Å²) in [5.41, 5.74) is 1.44. The number of ether oxygens (including phenoxy) is 2. The van der Waals surface area contributed by atoms with Gasteiger partial charge in [-0.1, -0.05) is 24.3 Å². The molecule has 0 unspecified atom stereocenters. The maximum absolute atomic E-state index is 13.0. The highest BCUT2D eigenvalue weighted by atomic mass is 19.1. The van der Waals surface area contributed by atoms with Crippen molar-refractivity contribution >= 4 is 24.0 Å². The Hall–Kier alpha value is -3.68. The lowest BCUT2D eigenvalue weighted by molar-refractivity contribution is -0.145. The van der Waals surface area contributed by atoms with Crippen molar-refractivity contribution in [1.82, 2.24) is 10.2 Å². The zero-order chi connectivity index (χ0) is 20.8. The molecular weight excluding hydrogens is 379 g/mol. The fourth-order valence-corrected chi connectivity index (χ4v) is 2.66. The molecule has 3 rings (SSSR count). The molecule has 1 aliphatic rings. The first-order valence-electron chi connectivity index (χ1n) is 8.93. The summed E-state index contributed by atoms with van der Waals surface area (Å²) in [5, 5.41) is 2.53. The highest BCUT2D eigenvalue weighted by Gasteiger charge is 2.33. The van der Waals surface area contributed by atoms with Crippen LogP contribution in [-0.2, 0) is 20.9 Å². The van der Waals surface area contributed by atoms with Gasteiger partial charge in [-0.25, -0.2) is 14.0 Å². The van der Waals surface area contributed by atoms with Crippen LogP contribution in [0.4, 0.5) is 9.18 Å². The molecule has 2 aromatic rings. The number of amides is 3. The summed E-state index contributed by atoms with van der Waals surface area (Å²) in [5.74, 6) is -0.845. The van der Waals surface area contributed by atoms with Gasteiger partial charge in [-0.3, -0.25) is 9.69 Å². The molecule has 1 N–H and O–H groups in total. The molecule has 0 radical (unpaired) electrons. The van der Waals surface area contributed by atoms with Crippen LogP contribution in [0.3, 0.4) is 0 Å². The summed E-state index contributed by atoms with van der Waals surface area (Å²) in [6, 6.07) is 11.7. The van der Waals surface area contributed by atoms with Gasteiger partial charge in [0.1, 0.15) is 17.3 Å². The first-order chi connectivity index (χ1) is 14.0. The number of imide groups is 1. The molecule has 0 aromatic heterocycles. The van der Waals surface area contributed by atoms with Gasteiger partial charge >= 0.3 is 12.0 Å². The molecule has 1 heterocycles. The molecule has 3 amide bonds. The van der Waals surface area contributed by atoms with Crippen LogP contribution in [0.2, 0.25) is 0 Å². The standard InChI is InChI=1S/C21H19FN2O5/c1-2-28-19(25)13-29-17-9-5-14(6-10-17)11-18-20(26)24(21(27)23-18)12-15-3-7-16(22)8-4-15/h3-11H,2,12-13H2,1H3,(H,23,27). The van der Waals surface area contributed by atoms with E-state index >= 15 is 0 Å². The zero-order valence-corrected chi connectivity index (χ0v) is 15.7. The Labute approximate surface area is 166 Å². The molecule has 2 aromatic carbocycles. The number of nitrogens with zero attached hydrogens (tertiary/aromatic N) is 1. The van der Waals surface area contributed by atoms with Crippen LogP contribution in [0, 0.1) is 5.82 Å². The Bertz CT molecular complexity index is 939. The summed E-state index contributed by atoms with van der Waals surface area (Å²) in [6.45, 7) is 1.85. The normalized spacial score (nSPS) is 14.8. The predicted molar refractivity (Wildman–Crippen MR) is 102 cm³/mol. The van der Waals surface area contributed by atoms with Crippen LogP contribution in [0.1, 0.15) is 18.1 Å². The van der Waals surface area contributed by atoms with Crippen molar-refractivity contribution in [2.75, 3.05) is 13.2 Å². The Morgan fingerprint density at radius 3 is 2.45 bits per heavy atom. The minimum atomic E-state index is -0.542. The van der Waals surface area contributed by atoms with E-state index in [-0.39, 0.29) is 31.3 Å². The molecule has 150 valence electrons. The lowest BCUT2D eigenvalue weighted by atomic mass is 10.1. The lowest BCUT2D eigenvalue weighted by Crippen LogP contribution is -2.30. The molecule has 1 saturated heterocycles. The highest BCUT2D eigenvalue weighted by Crippen LogP contribution is 2.19. The molecule has 0 spiro atoms. The molecule has 7 nitrogen and oxygen atoms in total. The SMILES string of the molecule is CCOC(=O)COc1ccc(C=C2NC(=O)N(Cc3ccc(F)cc3)C2=O)cc1. The first-order valence-corrected chi connectivity index (χ1v) is 8.93. The van der Waals surface area contributed by atoms with E-state index < -0.39 is 17.9 Å². The monoisotopic (exact) mass is 398 g/mol. The van der Waals surface area contributed by atoms with E-state index in [0.29, 0.717) is 16.9 Å². The Morgan fingerprint density at radius 2 is 1.79 bits per heavy atom. The van der Waals surface area contributed by atoms with Gasteiger partial charge in [-0.15, -0.1) is 0 Å². The fourth-order valence-electron chi connectivity index (χ4n) is 2.66. The molecule has 1 fully saturated rings. The van der Waals surface area contributed by atoms with E-state index in [0.717, 1.165) is 4.90 Å². The van der Waals surface area contributed by atoms with E-state index in [4.69, 9.17) is 9.47 Å². The van der Waals surface area contributed by atoms with Crippen LogP contribution in [0.5, 0.6) is 5.75 Å². The third-order valence-corrected chi connectivity index (χ3v) is 4.07. The minimum Gasteiger partial charge on any atom is -0.482 e. The van der Waals surface area contributed by atoms with Crippen LogP contribution < -0.4 is 10.1 Å². The van der Waals surface area contributed by atoms with Crippen molar-refractivity contribution in [1.29, 1.82) is 0 Å². The number of carbonyl (C=O) groups is 3. The second kappa shape index (κ2) is 9.01. The molecule has 0 aliphatic carbocycles. The number of hydrogen-bond acceptors (Lipinski definition) is 5. The third-order valence-electron chi connectivity index (χ3n) is 4.07. The van der Waals surface area contributed by atoms with Gasteiger partial charge in [0.15, 0.2) is 6.61 Å². The molecular formula is C21H19FN2O5. The number of hydrogen-bond donors (Lipinski definition) is 1. The molecule has 0 saturated carbocycles. The Morgan fingerprint density at radius 1 is 1.10 bits per heavy atom. The number of benzene rings is 2. The van der Waals surface area contributed by atoms with E-state index in [2.05, 4.69) is 5.32 Å². The van der Waals surface area contributed by atoms with Crippen molar-refractivity contribution in [2.24, 2.45) is 0 Å². The van der Waals surface area contributed by atoms with Crippen molar-refractivity contribution in [2.45, 2.75) is 13.5 Å². The average Bonchev–Trinajstić information content (AvgIpc) is 2.97. The van der Waals surface area contributed by atoms with E-state index in [9.17, 15) is 18.8 Å². The van der Waals surface area contributed by atoms with Crippen molar-refractivity contribution < 1.29 is 28.2 Å². The second-order valence-corrected chi connectivity index (χ2v) is 6.17. The molecule has 29 heavy (non-hydrogen) atoms. The molecule has 8 heteroatoms. The second-order valence-electron chi connectivity index (χ2n) is 6.17. The number of carbonyl (C=O) groups excluding carboxylic acids is 3. The summed E-state index contributed by atoms with van der Waals surface area (Å²) in [7, 11) is 0. The van der Waals surface area contributed by atoms with E-state index in [1.807, 2.05) is 0 Å². The van der Waals surface area contributed by atoms with Gasteiger partial charge in [-0.05, 0) is 48.4 Å². The van der Waals surface area contributed by atoms with Crippen LogP contribution >= 0.6 is 0 Å². The van der Waals surface area contributed by atoms with Crippen molar-refractivity contribution in [3.8, 4) is 5.75 Å². The largest absolute Gasteiger partial charge is 0.482 e. The van der Waals surface area contributed by atoms with Gasteiger partial charge in [0.05, 0.1) is 13.2 Å². The minimum absolute atomic E-state index is 0.0446. The van der Waals surface area contributed by atoms with Crippen LogP contribution in [-0.4, -0.2) is 36.0 Å². The Kier molecular flexibility index (Phi) is 6.23. The summed E-state index contributed by atoms with van der Waals surface area (Å²) in [6.07, 6.45) is 1.54. The number of nitrogens with one attached hydrogen (secondary N) is 1. The quantitative estimate of drug-likeness (QED) is 0.440. The smallest absolute Gasteiger partial charge is 0.344 e. The van der Waals surface area contributed by atoms with Crippen LogP contribution in [0.15, 0.2) is 54.2 Å². The van der Waals surface area contributed by atoms with Gasteiger partial charge in [0, 0.05) is 0 Å². The van der Waals surface area contributed by atoms with Gasteiger partial charge < -0.3 is 14.8 Å². The number of rotatable bonds is 7. The summed E-state index contributed by atoms with van der Waals surface area (Å²) in [4.78, 5) is 37.0. The summed E-state index contributed by atoms with van der Waals surface area (Å²) >= 11 is 0. The average molecular weight is 398 g/mol. The maximum atomic E-state index is 13.0. The molecule has 1 aliphatic heterocycles. The number of esters is 1. The maximum Gasteiger partial charge on any atom is 0.344 e. The van der Waals surface area contributed by atoms with Crippen molar-refractivity contribution in [3.05, 3.63) is 71.2 Å². The Balaban J connectivity index is 1.64. The fraction of sp³-hybridized carbons (Fsp3) is 0.190. The van der Waals surface area contributed by atoms with Crippen molar-refractivity contribution in [3.63, 3.8) is 0 Å². The number of halogens is 1. The summed E-state index contributed by atoms with van der Waals surface area (Å²) < 4.78 is 23.1. The third kappa shape index (κ3) is 5.19. The van der Waals surface area contributed by atoms with E-state index in [1.54, 1.807) is 37.3 Å². The van der Waals surface area contributed by atoms with Gasteiger partial charge in [0.25, 0.3) is 5.91 Å². The van der Waals surface area contributed by atoms with E-state index in [1.165, 1.54) is 24.3 Å². The van der Waals surface area contributed by atoms with Crippen LogP contribution in [0.25, 0.3) is 6.08 Å². The highest BCUT2D eigenvalue weighted by molar-refractivity contribution is 6.13. The topological polar surface area (TPSA) is 84.9 Å². The van der Waals surface area contributed by atoms with Gasteiger partial charge in [0.2, 0.25) is 0 Å².